The van der Waals surface area contributed by atoms with Crippen molar-refractivity contribution in [1.29, 1.82) is 0 Å². The molecule has 0 spiro atoms. The first-order chi connectivity index (χ1) is 18.8. The van der Waals surface area contributed by atoms with E-state index in [1.807, 2.05) is 54.6 Å². The van der Waals surface area contributed by atoms with Crippen LogP contribution in [0.2, 0.25) is 0 Å². The maximum Gasteiger partial charge on any atom is 0.279 e. The van der Waals surface area contributed by atoms with Crippen LogP contribution < -0.4 is 14.4 Å². The Bertz CT molecular complexity index is 1510. The van der Waals surface area contributed by atoms with E-state index in [2.05, 4.69) is 46.7 Å². The van der Waals surface area contributed by atoms with Crippen molar-refractivity contribution in [3.8, 4) is 28.4 Å². The van der Waals surface area contributed by atoms with Crippen molar-refractivity contribution >= 4 is 15.9 Å². The number of nitrogens with zero attached hydrogens (tertiary/aromatic N) is 3. The van der Waals surface area contributed by atoms with Gasteiger partial charge in [-0.25, -0.2) is 9.71 Å². The smallest absolute Gasteiger partial charge is 0.279 e. The average molecular weight is 546 g/mol. The molecule has 8 nitrogen and oxygen atoms in total. The standard InChI is InChI=1S/C30H35N5O3S/c1-22-9-14-28(23(2)21-22)34-17-19-35(20-18-34)39(36,37)31-16-15-27-29(24-10-12-26(38-3)13-11-24)33-30(32-27)25-7-5-4-6-8-25/h4-14,21,31H,15-20H2,1-3H3,(H,32,33). The Balaban J connectivity index is 1.26. The number of rotatable bonds is 9. The van der Waals surface area contributed by atoms with Gasteiger partial charge in [0.15, 0.2) is 0 Å². The van der Waals surface area contributed by atoms with Crippen molar-refractivity contribution in [2.45, 2.75) is 20.3 Å². The molecule has 1 aliphatic rings. The average Bonchev–Trinajstić information content (AvgIpc) is 3.38. The molecule has 1 aromatic heterocycles. The fraction of sp³-hybridized carbons (Fsp3) is 0.300. The number of H-pyrrole nitrogens is 1. The summed E-state index contributed by atoms with van der Waals surface area (Å²) >= 11 is 0. The van der Waals surface area contributed by atoms with Crippen LogP contribution in [0, 0.1) is 13.8 Å². The second-order valence-electron chi connectivity index (χ2n) is 9.83. The van der Waals surface area contributed by atoms with Crippen LogP contribution in [0.5, 0.6) is 5.75 Å². The lowest BCUT2D eigenvalue weighted by Crippen LogP contribution is -2.52. The summed E-state index contributed by atoms with van der Waals surface area (Å²) in [7, 11) is -1.97. The van der Waals surface area contributed by atoms with E-state index in [1.165, 1.54) is 21.1 Å². The third-order valence-electron chi connectivity index (χ3n) is 7.12. The number of aromatic amines is 1. The largest absolute Gasteiger partial charge is 0.497 e. The van der Waals surface area contributed by atoms with Crippen LogP contribution in [-0.4, -0.2) is 62.5 Å². The molecule has 204 valence electrons. The van der Waals surface area contributed by atoms with E-state index in [1.54, 1.807) is 7.11 Å². The zero-order valence-electron chi connectivity index (χ0n) is 22.6. The number of imidazole rings is 1. The van der Waals surface area contributed by atoms with Gasteiger partial charge in [-0.3, -0.25) is 0 Å². The summed E-state index contributed by atoms with van der Waals surface area (Å²) in [6.07, 6.45) is 0.451. The van der Waals surface area contributed by atoms with E-state index in [9.17, 15) is 8.42 Å². The molecule has 0 bridgehead atoms. The van der Waals surface area contributed by atoms with Crippen molar-refractivity contribution < 1.29 is 13.2 Å². The lowest BCUT2D eigenvalue weighted by atomic mass is 10.1. The molecular formula is C30H35N5O3S. The number of aromatic nitrogens is 2. The molecule has 39 heavy (non-hydrogen) atoms. The first-order valence-corrected chi connectivity index (χ1v) is 14.6. The van der Waals surface area contributed by atoms with Crippen molar-refractivity contribution in [3.05, 3.63) is 89.6 Å². The molecule has 0 radical (unpaired) electrons. The van der Waals surface area contributed by atoms with Gasteiger partial charge in [0.1, 0.15) is 11.6 Å². The molecule has 3 aromatic carbocycles. The molecule has 1 fully saturated rings. The molecule has 1 saturated heterocycles. The topological polar surface area (TPSA) is 90.6 Å². The molecule has 9 heteroatoms. The lowest BCUT2D eigenvalue weighted by Gasteiger charge is -2.36. The molecule has 2 N–H and O–H groups in total. The van der Waals surface area contributed by atoms with Gasteiger partial charge >= 0.3 is 0 Å². The van der Waals surface area contributed by atoms with Gasteiger partial charge in [0, 0.05) is 56.0 Å². The Hall–Kier alpha value is -3.66. The van der Waals surface area contributed by atoms with Crippen LogP contribution in [0.15, 0.2) is 72.8 Å². The van der Waals surface area contributed by atoms with Crippen molar-refractivity contribution in [1.82, 2.24) is 19.0 Å². The Morgan fingerprint density at radius 2 is 1.64 bits per heavy atom. The lowest BCUT2D eigenvalue weighted by molar-refractivity contribution is 0.378. The first-order valence-electron chi connectivity index (χ1n) is 13.2. The highest BCUT2D eigenvalue weighted by Crippen LogP contribution is 2.28. The predicted octanol–water partition coefficient (Wildman–Crippen LogP) is 4.57. The minimum Gasteiger partial charge on any atom is -0.497 e. The fourth-order valence-electron chi connectivity index (χ4n) is 5.04. The third-order valence-corrected chi connectivity index (χ3v) is 8.74. The monoisotopic (exact) mass is 545 g/mol. The molecule has 4 aromatic rings. The van der Waals surface area contributed by atoms with Crippen molar-refractivity contribution in [2.24, 2.45) is 0 Å². The quantitative estimate of drug-likeness (QED) is 0.322. The normalized spacial score (nSPS) is 14.5. The van der Waals surface area contributed by atoms with Crippen molar-refractivity contribution in [3.63, 3.8) is 0 Å². The number of nitrogens with one attached hydrogen (secondary N) is 2. The summed E-state index contributed by atoms with van der Waals surface area (Å²) in [6.45, 7) is 6.64. The van der Waals surface area contributed by atoms with E-state index in [0.29, 0.717) is 32.6 Å². The van der Waals surface area contributed by atoms with E-state index in [4.69, 9.17) is 9.72 Å². The number of hydrogen-bond donors (Lipinski definition) is 2. The zero-order valence-corrected chi connectivity index (χ0v) is 23.5. The van der Waals surface area contributed by atoms with Gasteiger partial charge in [-0.1, -0.05) is 48.0 Å². The molecule has 0 amide bonds. The number of aryl methyl sites for hydroxylation is 2. The Labute approximate surface area is 230 Å². The van der Waals surface area contributed by atoms with E-state index >= 15 is 0 Å². The molecule has 0 atom stereocenters. The van der Waals surface area contributed by atoms with Gasteiger partial charge in [0.2, 0.25) is 0 Å². The van der Waals surface area contributed by atoms with Crippen LogP contribution in [0.4, 0.5) is 5.69 Å². The van der Waals surface area contributed by atoms with Crippen molar-refractivity contribution in [2.75, 3.05) is 44.7 Å². The van der Waals surface area contributed by atoms with Crippen LogP contribution in [0.3, 0.4) is 0 Å². The van der Waals surface area contributed by atoms with Crippen LogP contribution in [0.1, 0.15) is 16.8 Å². The van der Waals surface area contributed by atoms with Gasteiger partial charge in [-0.2, -0.15) is 12.7 Å². The predicted molar refractivity (Wildman–Crippen MR) is 156 cm³/mol. The summed E-state index contributed by atoms with van der Waals surface area (Å²) in [4.78, 5) is 10.6. The minimum absolute atomic E-state index is 0.252. The third kappa shape index (κ3) is 6.16. The number of anilines is 1. The summed E-state index contributed by atoms with van der Waals surface area (Å²) in [5, 5.41) is 0. The van der Waals surface area contributed by atoms with Gasteiger partial charge in [-0.15, -0.1) is 0 Å². The molecule has 0 saturated carbocycles. The van der Waals surface area contributed by atoms with Gasteiger partial charge in [0.25, 0.3) is 10.2 Å². The summed E-state index contributed by atoms with van der Waals surface area (Å²) in [6, 6.07) is 24.1. The van der Waals surface area contributed by atoms with Crippen LogP contribution >= 0.6 is 0 Å². The fourth-order valence-corrected chi connectivity index (χ4v) is 6.23. The molecule has 1 aliphatic heterocycles. The van der Waals surface area contributed by atoms with Crippen LogP contribution in [0.25, 0.3) is 22.6 Å². The van der Waals surface area contributed by atoms with Gasteiger partial charge in [0.05, 0.1) is 18.5 Å². The summed E-state index contributed by atoms with van der Waals surface area (Å²) in [5.74, 6) is 1.52. The van der Waals surface area contributed by atoms with E-state index in [-0.39, 0.29) is 6.54 Å². The maximum absolute atomic E-state index is 13.1. The number of benzene rings is 3. The number of ether oxygens (including phenoxy) is 1. The van der Waals surface area contributed by atoms with E-state index in [0.717, 1.165) is 34.1 Å². The number of piperazine rings is 1. The molecule has 0 unspecified atom stereocenters. The molecule has 5 rings (SSSR count). The number of methoxy groups -OCH3 is 1. The Morgan fingerprint density at radius 3 is 2.31 bits per heavy atom. The summed E-state index contributed by atoms with van der Waals surface area (Å²) in [5.41, 5.74) is 7.23. The van der Waals surface area contributed by atoms with Gasteiger partial charge in [-0.05, 0) is 49.7 Å². The highest BCUT2D eigenvalue weighted by atomic mass is 32.2. The van der Waals surface area contributed by atoms with E-state index < -0.39 is 10.2 Å². The zero-order chi connectivity index (χ0) is 27.4. The second-order valence-corrected chi connectivity index (χ2v) is 11.6. The minimum atomic E-state index is -3.61. The number of hydrogen-bond acceptors (Lipinski definition) is 5. The Morgan fingerprint density at radius 1 is 0.923 bits per heavy atom. The van der Waals surface area contributed by atoms with Crippen LogP contribution in [-0.2, 0) is 16.6 Å². The first kappa shape index (κ1) is 26.9. The highest BCUT2D eigenvalue weighted by molar-refractivity contribution is 7.87. The SMILES string of the molecule is COc1ccc(-c2[nH]c(-c3ccccc3)nc2CCNS(=O)(=O)N2CCN(c3ccc(C)cc3C)CC2)cc1. The maximum atomic E-state index is 13.1. The Kier molecular flexibility index (Phi) is 8.02. The summed E-state index contributed by atoms with van der Waals surface area (Å²) < 4.78 is 35.9. The molecule has 2 heterocycles. The molecular weight excluding hydrogens is 510 g/mol. The molecule has 0 aliphatic carbocycles. The van der Waals surface area contributed by atoms with Gasteiger partial charge < -0.3 is 14.6 Å². The highest BCUT2D eigenvalue weighted by Gasteiger charge is 2.27. The second kappa shape index (κ2) is 11.6.